The predicted octanol–water partition coefficient (Wildman–Crippen LogP) is 4.15. The van der Waals surface area contributed by atoms with Crippen LogP contribution in [0, 0.1) is 13.8 Å². The van der Waals surface area contributed by atoms with Crippen molar-refractivity contribution in [1.82, 2.24) is 18.7 Å². The Labute approximate surface area is 129 Å². The zero-order chi connectivity index (χ0) is 14.3. The van der Waals surface area contributed by atoms with Gasteiger partial charge in [0, 0.05) is 5.56 Å². The molecule has 2 aromatic heterocycles. The Morgan fingerprint density at radius 1 is 1.10 bits per heavy atom. The van der Waals surface area contributed by atoms with Crippen LogP contribution < -0.4 is 5.32 Å². The second-order valence-corrected chi connectivity index (χ2v) is 5.51. The van der Waals surface area contributed by atoms with Gasteiger partial charge < -0.3 is 5.32 Å². The van der Waals surface area contributed by atoms with E-state index in [9.17, 15) is 0 Å². The first-order valence-corrected chi connectivity index (χ1v) is 7.23. The zero-order valence-electron chi connectivity index (χ0n) is 10.6. The average molecular weight is 326 g/mol. The van der Waals surface area contributed by atoms with E-state index in [-0.39, 0.29) is 0 Å². The monoisotopic (exact) mass is 325 g/mol. The molecule has 3 rings (SSSR count). The topological polar surface area (TPSA) is 63.6 Å². The Morgan fingerprint density at radius 3 is 2.70 bits per heavy atom. The van der Waals surface area contributed by atoms with Crippen LogP contribution in [-0.2, 0) is 0 Å². The van der Waals surface area contributed by atoms with Crippen molar-refractivity contribution in [3.05, 3.63) is 33.7 Å². The van der Waals surface area contributed by atoms with E-state index >= 15 is 0 Å². The number of anilines is 2. The summed E-state index contributed by atoms with van der Waals surface area (Å²) >= 11 is 13.5. The summed E-state index contributed by atoms with van der Waals surface area (Å²) in [6.45, 7) is 3.63. The smallest absolute Gasteiger partial charge is 0.138 e. The normalized spacial score (nSPS) is 11.0. The maximum Gasteiger partial charge on any atom is 0.138 e. The van der Waals surface area contributed by atoms with E-state index in [0.29, 0.717) is 33.0 Å². The van der Waals surface area contributed by atoms with Crippen LogP contribution in [0.25, 0.3) is 11.0 Å². The summed E-state index contributed by atoms with van der Waals surface area (Å²) in [5, 5.41) is 4.16. The van der Waals surface area contributed by atoms with Gasteiger partial charge in [-0.2, -0.15) is 8.75 Å². The number of benzene rings is 1. The molecule has 0 saturated heterocycles. The first-order valence-electron chi connectivity index (χ1n) is 5.75. The molecule has 0 atom stereocenters. The van der Waals surface area contributed by atoms with E-state index in [1.54, 1.807) is 13.0 Å². The number of aromatic nitrogens is 4. The molecule has 0 fully saturated rings. The van der Waals surface area contributed by atoms with Gasteiger partial charge in [-0.25, -0.2) is 9.97 Å². The highest BCUT2D eigenvalue weighted by atomic mass is 35.5. The first-order chi connectivity index (χ1) is 9.56. The third kappa shape index (κ3) is 2.30. The fourth-order valence-electron chi connectivity index (χ4n) is 1.78. The number of hydrogen-bond donors (Lipinski definition) is 1. The lowest BCUT2D eigenvalue weighted by Crippen LogP contribution is -2.02. The molecule has 102 valence electrons. The minimum atomic E-state index is 0.416. The molecule has 0 radical (unpaired) electrons. The van der Waals surface area contributed by atoms with Crippen LogP contribution in [0.3, 0.4) is 0 Å². The number of hydrogen-bond acceptors (Lipinski definition) is 6. The lowest BCUT2D eigenvalue weighted by Gasteiger charge is -2.11. The number of aryl methyl sites for hydroxylation is 1. The highest BCUT2D eigenvalue weighted by Crippen LogP contribution is 2.33. The molecule has 20 heavy (non-hydrogen) atoms. The van der Waals surface area contributed by atoms with E-state index in [2.05, 4.69) is 24.0 Å². The fraction of sp³-hybridized carbons (Fsp3) is 0.167. The third-order valence-corrected chi connectivity index (χ3v) is 4.04. The summed E-state index contributed by atoms with van der Waals surface area (Å²) in [6, 6.07) is 3.61. The van der Waals surface area contributed by atoms with Crippen LogP contribution in [0.4, 0.5) is 11.5 Å². The quantitative estimate of drug-likeness (QED) is 0.717. The molecule has 0 aliphatic carbocycles. The van der Waals surface area contributed by atoms with Gasteiger partial charge in [-0.05, 0) is 26.0 Å². The summed E-state index contributed by atoms with van der Waals surface area (Å²) in [7, 11) is 0. The number of nitrogens with zero attached hydrogens (tertiary/aromatic N) is 4. The first kappa shape index (κ1) is 13.5. The zero-order valence-corrected chi connectivity index (χ0v) is 12.9. The predicted molar refractivity (Wildman–Crippen MR) is 82.2 cm³/mol. The molecule has 2 heterocycles. The second-order valence-electron chi connectivity index (χ2n) is 4.21. The summed E-state index contributed by atoms with van der Waals surface area (Å²) < 4.78 is 8.45. The van der Waals surface area contributed by atoms with Gasteiger partial charge in [0.15, 0.2) is 0 Å². The number of fused-ring (bicyclic) bond motifs is 1. The van der Waals surface area contributed by atoms with Gasteiger partial charge >= 0.3 is 0 Å². The largest absolute Gasteiger partial charge is 0.337 e. The number of rotatable bonds is 2. The maximum absolute atomic E-state index is 6.24. The molecule has 0 aliphatic heterocycles. The molecule has 5 nitrogen and oxygen atoms in total. The molecule has 1 N–H and O–H groups in total. The van der Waals surface area contributed by atoms with Gasteiger partial charge in [-0.1, -0.05) is 23.2 Å². The van der Waals surface area contributed by atoms with Crippen LogP contribution in [0.1, 0.15) is 11.4 Å². The van der Waals surface area contributed by atoms with Crippen molar-refractivity contribution in [2.45, 2.75) is 13.8 Å². The summed E-state index contributed by atoms with van der Waals surface area (Å²) in [4.78, 5) is 8.46. The standard InChI is InChI=1S/C12H9Cl2N5S/c1-5-11(14)15-6(2)16-12(5)17-9-7(13)3-4-8-10(9)19-20-18-8/h3-4H,1-2H3,(H,15,16,17). The Balaban J connectivity index is 2.14. The van der Waals surface area contributed by atoms with E-state index in [1.165, 1.54) is 0 Å². The Kier molecular flexibility index (Phi) is 3.45. The van der Waals surface area contributed by atoms with Gasteiger partial charge in [0.05, 0.1) is 22.4 Å². The molecule has 0 saturated carbocycles. The van der Waals surface area contributed by atoms with Crippen LogP contribution in [0.5, 0.6) is 0 Å². The molecular formula is C12H9Cl2N5S. The van der Waals surface area contributed by atoms with Gasteiger partial charge in [-0.3, -0.25) is 0 Å². The summed E-state index contributed by atoms with van der Waals surface area (Å²) in [6.07, 6.45) is 0. The Morgan fingerprint density at radius 2 is 1.90 bits per heavy atom. The van der Waals surface area contributed by atoms with Crippen LogP contribution in [0.15, 0.2) is 12.1 Å². The van der Waals surface area contributed by atoms with E-state index in [4.69, 9.17) is 23.2 Å². The van der Waals surface area contributed by atoms with Crippen LogP contribution in [0.2, 0.25) is 10.2 Å². The minimum absolute atomic E-state index is 0.416. The highest BCUT2D eigenvalue weighted by molar-refractivity contribution is 7.00. The van der Waals surface area contributed by atoms with Gasteiger partial charge in [0.1, 0.15) is 27.8 Å². The molecule has 0 bridgehead atoms. The minimum Gasteiger partial charge on any atom is -0.337 e. The van der Waals surface area contributed by atoms with Crippen LogP contribution in [-0.4, -0.2) is 18.7 Å². The fourth-order valence-corrected chi connectivity index (χ4v) is 2.73. The van der Waals surface area contributed by atoms with E-state index in [0.717, 1.165) is 22.8 Å². The molecular weight excluding hydrogens is 317 g/mol. The SMILES string of the molecule is Cc1nc(Cl)c(C)c(Nc2c(Cl)ccc3nsnc23)n1. The lowest BCUT2D eigenvalue weighted by atomic mass is 10.2. The van der Waals surface area contributed by atoms with Crippen molar-refractivity contribution in [2.24, 2.45) is 0 Å². The Hall–Kier alpha value is -1.50. The molecule has 1 aromatic carbocycles. The highest BCUT2D eigenvalue weighted by Gasteiger charge is 2.14. The van der Waals surface area contributed by atoms with Crippen molar-refractivity contribution in [1.29, 1.82) is 0 Å². The lowest BCUT2D eigenvalue weighted by molar-refractivity contribution is 1.04. The van der Waals surface area contributed by atoms with E-state index in [1.807, 2.05) is 13.0 Å². The van der Waals surface area contributed by atoms with Crippen LogP contribution >= 0.6 is 34.9 Å². The third-order valence-electron chi connectivity index (χ3n) is 2.82. The average Bonchev–Trinajstić information content (AvgIpc) is 2.87. The van der Waals surface area contributed by atoms with Gasteiger partial charge in [-0.15, -0.1) is 0 Å². The molecule has 0 aliphatic rings. The molecule has 0 amide bonds. The maximum atomic E-state index is 6.24. The number of halogens is 2. The molecule has 3 aromatic rings. The van der Waals surface area contributed by atoms with Crippen molar-refractivity contribution in [2.75, 3.05) is 5.32 Å². The molecule has 0 unspecified atom stereocenters. The van der Waals surface area contributed by atoms with Crippen molar-refractivity contribution in [3.63, 3.8) is 0 Å². The van der Waals surface area contributed by atoms with Gasteiger partial charge in [0.2, 0.25) is 0 Å². The summed E-state index contributed by atoms with van der Waals surface area (Å²) in [5.41, 5.74) is 2.94. The van der Waals surface area contributed by atoms with Gasteiger partial charge in [0.25, 0.3) is 0 Å². The Bertz CT molecular complexity index is 802. The molecule has 0 spiro atoms. The molecule has 8 heteroatoms. The number of nitrogens with one attached hydrogen (secondary N) is 1. The second kappa shape index (κ2) is 5.12. The van der Waals surface area contributed by atoms with E-state index < -0.39 is 0 Å². The van der Waals surface area contributed by atoms with Crippen molar-refractivity contribution >= 4 is 57.5 Å². The van der Waals surface area contributed by atoms with Crippen molar-refractivity contribution < 1.29 is 0 Å². The summed E-state index contributed by atoms with van der Waals surface area (Å²) in [5.74, 6) is 1.20. The van der Waals surface area contributed by atoms with Crippen molar-refractivity contribution in [3.8, 4) is 0 Å².